The zero-order valence-corrected chi connectivity index (χ0v) is 20.0. The summed E-state index contributed by atoms with van der Waals surface area (Å²) in [5, 5.41) is 0.101. The smallest absolute Gasteiger partial charge is 0.239 e. The first-order chi connectivity index (χ1) is 16.4. The second-order valence-corrected chi connectivity index (χ2v) is 8.78. The van der Waals surface area contributed by atoms with Gasteiger partial charge in [-0.3, -0.25) is 9.69 Å². The monoisotopic (exact) mass is 482 g/mol. The summed E-state index contributed by atoms with van der Waals surface area (Å²) < 4.78 is 25.7. The number of hydrogen-bond donors (Lipinski definition) is 1. The lowest BCUT2D eigenvalue weighted by atomic mass is 9.86. The first kappa shape index (κ1) is 24.0. The molecule has 3 aromatic carbocycles. The summed E-state index contributed by atoms with van der Waals surface area (Å²) in [7, 11) is 3.20. The van der Waals surface area contributed by atoms with Crippen LogP contribution in [0.4, 0.5) is 4.39 Å². The van der Waals surface area contributed by atoms with E-state index in [0.29, 0.717) is 42.9 Å². The summed E-state index contributed by atoms with van der Waals surface area (Å²) in [5.41, 5.74) is 9.44. The zero-order chi connectivity index (χ0) is 24.2. The number of fused-ring (bicyclic) bond motifs is 1. The van der Waals surface area contributed by atoms with E-state index in [0.717, 1.165) is 16.7 Å². The Labute approximate surface area is 204 Å². The van der Waals surface area contributed by atoms with E-state index in [4.69, 9.17) is 26.8 Å². The molecule has 2 N–H and O–H groups in total. The van der Waals surface area contributed by atoms with Gasteiger partial charge in [0.2, 0.25) is 5.91 Å². The van der Waals surface area contributed by atoms with Crippen LogP contribution in [-0.4, -0.2) is 31.6 Å². The third-order valence-electron chi connectivity index (χ3n) is 6.48. The molecule has 0 radical (unpaired) electrons. The summed E-state index contributed by atoms with van der Waals surface area (Å²) in [6.45, 7) is 0.619. The largest absolute Gasteiger partial charge is 0.493 e. The molecular weight excluding hydrogens is 455 g/mol. The van der Waals surface area contributed by atoms with Crippen LogP contribution in [-0.2, 0) is 17.6 Å². The number of aryl methyl sites for hydroxylation is 1. The highest BCUT2D eigenvalue weighted by atomic mass is 35.5. The average Bonchev–Trinajstić information content (AvgIpc) is 2.85. The molecule has 4 rings (SSSR count). The molecule has 1 amide bonds. The first-order valence-corrected chi connectivity index (χ1v) is 11.6. The van der Waals surface area contributed by atoms with Crippen molar-refractivity contribution in [2.75, 3.05) is 20.8 Å². The van der Waals surface area contributed by atoms with Gasteiger partial charge in [0.1, 0.15) is 11.9 Å². The van der Waals surface area contributed by atoms with Crippen molar-refractivity contribution in [3.8, 4) is 11.5 Å². The standard InChI is InChI=1S/C27H28ClFN2O3/c1-33-23-15-19-13-14-31(26(27(30)32)18-7-4-3-5-8-18)22(20(19)16-24(23)34-2)12-11-17-9-6-10-21(28)25(17)29/h3-10,15-16,22,26H,11-14H2,1-2H3,(H2,30,32)/t22-,26+/m0/s1. The normalized spacial score (nSPS) is 16.5. The fourth-order valence-electron chi connectivity index (χ4n) is 4.87. The molecule has 1 aliphatic heterocycles. The van der Waals surface area contributed by atoms with Gasteiger partial charge >= 0.3 is 0 Å². The van der Waals surface area contributed by atoms with Gasteiger partial charge in [-0.1, -0.05) is 54.1 Å². The van der Waals surface area contributed by atoms with Crippen molar-refractivity contribution in [2.45, 2.75) is 31.3 Å². The zero-order valence-electron chi connectivity index (χ0n) is 19.3. The highest BCUT2D eigenvalue weighted by Crippen LogP contribution is 2.43. The van der Waals surface area contributed by atoms with E-state index in [9.17, 15) is 9.18 Å². The van der Waals surface area contributed by atoms with Gasteiger partial charge in [0.25, 0.3) is 0 Å². The molecule has 0 saturated heterocycles. The highest BCUT2D eigenvalue weighted by Gasteiger charge is 2.36. The summed E-state index contributed by atoms with van der Waals surface area (Å²) in [6, 6.07) is 17.7. The molecule has 0 saturated carbocycles. The molecule has 178 valence electrons. The lowest BCUT2D eigenvalue weighted by molar-refractivity contribution is -0.124. The van der Waals surface area contributed by atoms with Crippen LogP contribution < -0.4 is 15.2 Å². The number of ether oxygens (including phenoxy) is 2. The van der Waals surface area contributed by atoms with E-state index in [1.54, 1.807) is 26.4 Å². The van der Waals surface area contributed by atoms with Gasteiger partial charge in [-0.05, 0) is 59.7 Å². The predicted molar refractivity (Wildman–Crippen MR) is 131 cm³/mol. The maximum atomic E-state index is 14.7. The number of carbonyl (C=O) groups is 1. The van der Waals surface area contributed by atoms with Gasteiger partial charge in [-0.25, -0.2) is 4.39 Å². The van der Waals surface area contributed by atoms with Crippen LogP contribution in [0.1, 0.15) is 40.8 Å². The van der Waals surface area contributed by atoms with Gasteiger partial charge < -0.3 is 15.2 Å². The molecule has 0 unspecified atom stereocenters. The molecule has 3 aromatic rings. The lowest BCUT2D eigenvalue weighted by Gasteiger charge is -2.41. The SMILES string of the molecule is COc1cc2c(cc1OC)[C@H](CCc1cccc(Cl)c1F)N([C@@H](C(N)=O)c1ccccc1)CC2. The van der Waals surface area contributed by atoms with Crippen LogP contribution in [0.15, 0.2) is 60.7 Å². The van der Waals surface area contributed by atoms with Gasteiger partial charge in [-0.2, -0.15) is 0 Å². The first-order valence-electron chi connectivity index (χ1n) is 11.2. The van der Waals surface area contributed by atoms with E-state index >= 15 is 0 Å². The third kappa shape index (κ3) is 4.74. The second kappa shape index (κ2) is 10.5. The number of hydrogen-bond acceptors (Lipinski definition) is 4. The van der Waals surface area contributed by atoms with Crippen LogP contribution in [0, 0.1) is 5.82 Å². The maximum Gasteiger partial charge on any atom is 0.239 e. The van der Waals surface area contributed by atoms with Crippen molar-refractivity contribution in [2.24, 2.45) is 5.73 Å². The quantitative estimate of drug-likeness (QED) is 0.476. The molecule has 1 heterocycles. The number of rotatable bonds is 8. The van der Waals surface area contributed by atoms with Crippen LogP contribution in [0.3, 0.4) is 0 Å². The van der Waals surface area contributed by atoms with Crippen molar-refractivity contribution in [1.82, 2.24) is 4.90 Å². The Hall–Kier alpha value is -3.09. The summed E-state index contributed by atoms with van der Waals surface area (Å²) in [5.74, 6) is 0.434. The molecule has 1 aliphatic rings. The number of halogens is 2. The van der Waals surface area contributed by atoms with E-state index in [1.807, 2.05) is 42.5 Å². The summed E-state index contributed by atoms with van der Waals surface area (Å²) in [4.78, 5) is 14.8. The molecule has 0 aliphatic carbocycles. The van der Waals surface area contributed by atoms with E-state index in [2.05, 4.69) is 4.90 Å². The number of methoxy groups -OCH3 is 2. The fourth-order valence-corrected chi connectivity index (χ4v) is 5.06. The Balaban J connectivity index is 1.77. The molecule has 0 aromatic heterocycles. The van der Waals surface area contributed by atoms with Crippen molar-refractivity contribution in [3.05, 3.63) is 93.8 Å². The molecule has 0 spiro atoms. The molecule has 0 fully saturated rings. The van der Waals surface area contributed by atoms with Crippen molar-refractivity contribution >= 4 is 17.5 Å². The van der Waals surface area contributed by atoms with Gasteiger partial charge in [0.05, 0.1) is 19.2 Å². The highest BCUT2D eigenvalue weighted by molar-refractivity contribution is 6.30. The molecule has 34 heavy (non-hydrogen) atoms. The van der Waals surface area contributed by atoms with Crippen molar-refractivity contribution in [3.63, 3.8) is 0 Å². The number of benzene rings is 3. The van der Waals surface area contributed by atoms with Crippen LogP contribution in [0.2, 0.25) is 5.02 Å². The Morgan fingerprint density at radius 3 is 2.50 bits per heavy atom. The van der Waals surface area contributed by atoms with Crippen molar-refractivity contribution < 1.29 is 18.7 Å². The Kier molecular flexibility index (Phi) is 7.39. The van der Waals surface area contributed by atoms with Crippen molar-refractivity contribution in [1.29, 1.82) is 0 Å². The minimum absolute atomic E-state index is 0.101. The van der Waals surface area contributed by atoms with Crippen LogP contribution in [0.25, 0.3) is 0 Å². The lowest BCUT2D eigenvalue weighted by Crippen LogP contribution is -2.44. The molecule has 7 heteroatoms. The van der Waals surface area contributed by atoms with Crippen LogP contribution >= 0.6 is 11.6 Å². The fraction of sp³-hybridized carbons (Fsp3) is 0.296. The second-order valence-electron chi connectivity index (χ2n) is 8.38. The minimum atomic E-state index is -0.614. The number of nitrogens with zero attached hydrogens (tertiary/aromatic N) is 1. The van der Waals surface area contributed by atoms with E-state index in [1.165, 1.54) is 6.07 Å². The number of primary amides is 1. The topological polar surface area (TPSA) is 64.8 Å². The van der Waals surface area contributed by atoms with Gasteiger partial charge in [0.15, 0.2) is 11.5 Å². The maximum absolute atomic E-state index is 14.7. The Morgan fingerprint density at radius 1 is 1.12 bits per heavy atom. The molecule has 5 nitrogen and oxygen atoms in total. The Bertz CT molecular complexity index is 1170. The van der Waals surface area contributed by atoms with Crippen LogP contribution in [0.5, 0.6) is 11.5 Å². The van der Waals surface area contributed by atoms with E-state index in [-0.39, 0.29) is 11.1 Å². The number of amides is 1. The summed E-state index contributed by atoms with van der Waals surface area (Å²) >= 11 is 6.01. The number of carbonyl (C=O) groups excluding carboxylic acids is 1. The average molecular weight is 483 g/mol. The predicted octanol–water partition coefficient (Wildman–Crippen LogP) is 5.25. The summed E-state index contributed by atoms with van der Waals surface area (Å²) in [6.07, 6.45) is 1.73. The third-order valence-corrected chi connectivity index (χ3v) is 6.77. The van der Waals surface area contributed by atoms with Gasteiger partial charge in [-0.15, -0.1) is 0 Å². The van der Waals surface area contributed by atoms with E-state index < -0.39 is 17.8 Å². The van der Waals surface area contributed by atoms with Gasteiger partial charge in [0, 0.05) is 12.6 Å². The Morgan fingerprint density at radius 2 is 1.82 bits per heavy atom. The number of nitrogens with two attached hydrogens (primary N) is 1. The molecule has 0 bridgehead atoms. The molecular formula is C27H28ClFN2O3. The molecule has 2 atom stereocenters. The minimum Gasteiger partial charge on any atom is -0.493 e.